The Kier molecular flexibility index (Phi) is 7.91. The van der Waals surface area contributed by atoms with Crippen LogP contribution in [0.15, 0.2) is 65.4 Å². The summed E-state index contributed by atoms with van der Waals surface area (Å²) in [5, 5.41) is 9.65. The minimum atomic E-state index is -0.778. The quantitative estimate of drug-likeness (QED) is 0.476. The van der Waals surface area contributed by atoms with Crippen LogP contribution >= 0.6 is 22.7 Å². The van der Waals surface area contributed by atoms with Gasteiger partial charge < -0.3 is 15.5 Å². The third-order valence-corrected chi connectivity index (χ3v) is 7.48. The van der Waals surface area contributed by atoms with E-state index in [1.54, 1.807) is 17.0 Å². The lowest BCUT2D eigenvalue weighted by Crippen LogP contribution is -2.48. The van der Waals surface area contributed by atoms with Crippen molar-refractivity contribution < 1.29 is 14.4 Å². The highest BCUT2D eigenvalue weighted by Crippen LogP contribution is 2.27. The zero-order valence-electron chi connectivity index (χ0n) is 18.2. The van der Waals surface area contributed by atoms with Gasteiger partial charge in [-0.3, -0.25) is 14.4 Å². The van der Waals surface area contributed by atoms with E-state index in [-0.39, 0.29) is 30.3 Å². The average molecular weight is 482 g/mol. The van der Waals surface area contributed by atoms with Crippen LogP contribution in [0.3, 0.4) is 0 Å². The molecule has 0 bridgehead atoms. The molecular weight excluding hydrogens is 454 g/mol. The van der Waals surface area contributed by atoms with E-state index in [4.69, 9.17) is 0 Å². The number of benzene rings is 1. The Hall–Kier alpha value is -2.97. The summed E-state index contributed by atoms with van der Waals surface area (Å²) in [4.78, 5) is 42.5. The van der Waals surface area contributed by atoms with Crippen molar-refractivity contribution in [3.05, 3.63) is 80.7 Å². The number of nitrogens with one attached hydrogen (secondary N) is 2. The van der Waals surface area contributed by atoms with Gasteiger partial charge in [-0.15, -0.1) is 22.7 Å². The molecule has 1 saturated carbocycles. The van der Waals surface area contributed by atoms with Gasteiger partial charge in [-0.25, -0.2) is 0 Å². The summed E-state index contributed by atoms with van der Waals surface area (Å²) < 4.78 is 0. The van der Waals surface area contributed by atoms with Crippen LogP contribution in [0.5, 0.6) is 0 Å². The highest BCUT2D eigenvalue weighted by Gasteiger charge is 2.33. The van der Waals surface area contributed by atoms with E-state index in [1.165, 1.54) is 22.7 Å². The maximum atomic E-state index is 13.5. The van der Waals surface area contributed by atoms with Crippen molar-refractivity contribution in [1.29, 1.82) is 0 Å². The zero-order valence-corrected chi connectivity index (χ0v) is 19.9. The number of rotatable bonds is 9. The number of hydrogen-bond donors (Lipinski definition) is 2. The molecule has 2 N–H and O–H groups in total. The third-order valence-electron chi connectivity index (χ3n) is 5.75. The molecule has 1 aliphatic carbocycles. The molecule has 1 aromatic carbocycles. The van der Waals surface area contributed by atoms with Gasteiger partial charge in [0.1, 0.15) is 6.04 Å². The van der Waals surface area contributed by atoms with Crippen molar-refractivity contribution in [3.63, 3.8) is 0 Å². The zero-order chi connectivity index (χ0) is 23.0. The van der Waals surface area contributed by atoms with Crippen LogP contribution < -0.4 is 10.6 Å². The Labute approximate surface area is 201 Å². The first-order valence-electron chi connectivity index (χ1n) is 11.1. The molecule has 6 nitrogen and oxygen atoms in total. The molecule has 33 heavy (non-hydrogen) atoms. The van der Waals surface area contributed by atoms with Crippen molar-refractivity contribution in [2.24, 2.45) is 0 Å². The number of carbonyl (C=O) groups is 3. The second kappa shape index (κ2) is 11.2. The summed E-state index contributed by atoms with van der Waals surface area (Å²) in [5.74, 6) is -0.771. The first kappa shape index (κ1) is 23.2. The summed E-state index contributed by atoms with van der Waals surface area (Å²) in [6.45, 7) is 0.116. The monoisotopic (exact) mass is 481 g/mol. The summed E-state index contributed by atoms with van der Waals surface area (Å²) in [7, 11) is 0. The molecule has 2 aromatic heterocycles. The molecule has 0 spiro atoms. The van der Waals surface area contributed by atoms with Gasteiger partial charge in [0.25, 0.3) is 5.91 Å². The van der Waals surface area contributed by atoms with Crippen LogP contribution in [0.1, 0.15) is 51.8 Å². The van der Waals surface area contributed by atoms with Gasteiger partial charge in [0.15, 0.2) is 0 Å². The number of thiophene rings is 2. The lowest BCUT2D eigenvalue weighted by molar-refractivity contribution is -0.141. The van der Waals surface area contributed by atoms with Crippen molar-refractivity contribution in [3.8, 4) is 0 Å². The van der Waals surface area contributed by atoms with E-state index < -0.39 is 6.04 Å². The van der Waals surface area contributed by atoms with Crippen LogP contribution in [0.2, 0.25) is 0 Å². The van der Waals surface area contributed by atoms with Crippen molar-refractivity contribution >= 4 is 40.4 Å². The maximum Gasteiger partial charge on any atom is 0.261 e. The first-order chi connectivity index (χ1) is 16.1. The average Bonchev–Trinajstić information content (AvgIpc) is 3.61. The second-order valence-corrected chi connectivity index (χ2v) is 10.0. The van der Waals surface area contributed by atoms with Gasteiger partial charge in [-0.05, 0) is 41.3 Å². The fraction of sp³-hybridized carbons (Fsp3) is 0.320. The molecule has 8 heteroatoms. The summed E-state index contributed by atoms with van der Waals surface area (Å²) >= 11 is 2.86. The Morgan fingerprint density at radius 1 is 0.939 bits per heavy atom. The number of amides is 3. The van der Waals surface area contributed by atoms with Crippen LogP contribution in [-0.2, 0) is 16.1 Å². The maximum absolute atomic E-state index is 13.5. The van der Waals surface area contributed by atoms with Gasteiger partial charge in [0, 0.05) is 10.9 Å². The summed E-state index contributed by atoms with van der Waals surface area (Å²) in [6.07, 6.45) is 4.13. The van der Waals surface area contributed by atoms with Crippen LogP contribution in [0.25, 0.3) is 0 Å². The fourth-order valence-corrected chi connectivity index (χ4v) is 5.45. The van der Waals surface area contributed by atoms with Gasteiger partial charge in [-0.2, -0.15) is 0 Å². The van der Waals surface area contributed by atoms with Crippen molar-refractivity contribution in [2.45, 2.75) is 44.3 Å². The predicted octanol–water partition coefficient (Wildman–Crippen LogP) is 4.37. The lowest BCUT2D eigenvalue weighted by Gasteiger charge is -2.32. The summed E-state index contributed by atoms with van der Waals surface area (Å²) in [6, 6.07) is 16.1. The van der Waals surface area contributed by atoms with E-state index in [2.05, 4.69) is 10.6 Å². The molecule has 1 atom stereocenters. The van der Waals surface area contributed by atoms with Crippen LogP contribution in [-0.4, -0.2) is 35.2 Å². The Balaban J connectivity index is 1.58. The second-order valence-electron chi connectivity index (χ2n) is 8.06. The van der Waals surface area contributed by atoms with Crippen LogP contribution in [0, 0.1) is 0 Å². The topological polar surface area (TPSA) is 78.5 Å². The molecule has 4 rings (SSSR count). The predicted molar refractivity (Wildman–Crippen MR) is 131 cm³/mol. The SMILES string of the molecule is O=C(NCC(=O)N(Cc1cccs1)[C@@H](C(=O)NC1CCCC1)c1ccccc1)c1cccs1. The number of nitrogens with zero attached hydrogens (tertiary/aromatic N) is 1. The molecule has 1 fully saturated rings. The van der Waals surface area contributed by atoms with E-state index in [1.807, 2.05) is 53.2 Å². The van der Waals surface area contributed by atoms with E-state index >= 15 is 0 Å². The minimum absolute atomic E-state index is 0.140. The largest absolute Gasteiger partial charge is 0.351 e. The van der Waals surface area contributed by atoms with Gasteiger partial charge in [0.05, 0.1) is 18.0 Å². The van der Waals surface area contributed by atoms with Gasteiger partial charge in [-0.1, -0.05) is 55.3 Å². The Bertz CT molecular complexity index is 1050. The van der Waals surface area contributed by atoms with Gasteiger partial charge in [0.2, 0.25) is 11.8 Å². The normalized spacial score (nSPS) is 14.5. The fourth-order valence-electron chi connectivity index (χ4n) is 4.10. The number of carbonyl (C=O) groups excluding carboxylic acids is 3. The summed E-state index contributed by atoms with van der Waals surface area (Å²) in [5.41, 5.74) is 0.752. The minimum Gasteiger partial charge on any atom is -0.351 e. The molecular formula is C25H27N3O3S2. The number of hydrogen-bond acceptors (Lipinski definition) is 5. The molecule has 0 aliphatic heterocycles. The van der Waals surface area contributed by atoms with Crippen LogP contribution in [0.4, 0.5) is 0 Å². The lowest BCUT2D eigenvalue weighted by atomic mass is 10.0. The molecule has 0 radical (unpaired) electrons. The Morgan fingerprint density at radius 2 is 1.67 bits per heavy atom. The molecule has 3 aromatic rings. The molecule has 1 aliphatic rings. The molecule has 2 heterocycles. The highest BCUT2D eigenvalue weighted by atomic mass is 32.1. The Morgan fingerprint density at radius 3 is 2.33 bits per heavy atom. The van der Waals surface area contributed by atoms with Gasteiger partial charge >= 0.3 is 0 Å². The third kappa shape index (κ3) is 6.09. The van der Waals surface area contributed by atoms with E-state index in [0.717, 1.165) is 36.1 Å². The smallest absolute Gasteiger partial charge is 0.261 e. The molecule has 3 amide bonds. The van der Waals surface area contributed by atoms with E-state index in [0.29, 0.717) is 11.4 Å². The van der Waals surface area contributed by atoms with Crippen molar-refractivity contribution in [1.82, 2.24) is 15.5 Å². The highest BCUT2D eigenvalue weighted by molar-refractivity contribution is 7.12. The molecule has 172 valence electrons. The molecule has 0 saturated heterocycles. The standard InChI is InChI=1S/C25H27N3O3S2/c29-22(16-26-24(30)21-13-7-15-33-21)28(17-20-12-6-14-32-20)23(18-8-2-1-3-9-18)25(31)27-19-10-4-5-11-19/h1-3,6-9,12-15,19,23H,4-5,10-11,16-17H2,(H,26,30)(H,27,31)/t23-/m1/s1. The molecule has 0 unspecified atom stereocenters. The van der Waals surface area contributed by atoms with Crippen molar-refractivity contribution in [2.75, 3.05) is 6.54 Å². The first-order valence-corrected chi connectivity index (χ1v) is 12.9. The van der Waals surface area contributed by atoms with E-state index in [9.17, 15) is 14.4 Å².